The van der Waals surface area contributed by atoms with Gasteiger partial charge in [0.1, 0.15) is 0 Å². The van der Waals surface area contributed by atoms with Gasteiger partial charge >= 0.3 is 0 Å². The molecule has 2 aliphatic carbocycles. The van der Waals surface area contributed by atoms with Gasteiger partial charge in [-0.3, -0.25) is 0 Å². The first-order valence-corrected chi connectivity index (χ1v) is 9.27. The van der Waals surface area contributed by atoms with E-state index in [-0.39, 0.29) is 5.41 Å². The Morgan fingerprint density at radius 2 is 1.95 bits per heavy atom. The van der Waals surface area contributed by atoms with Crippen molar-refractivity contribution in [2.75, 3.05) is 0 Å². The van der Waals surface area contributed by atoms with Gasteiger partial charge in [-0.25, -0.2) is 0 Å². The van der Waals surface area contributed by atoms with Crippen LogP contribution >= 0.6 is 11.3 Å². The minimum absolute atomic E-state index is 0.278. The second kappa shape index (κ2) is 4.83. The normalized spacial score (nSPS) is 34.6. The molecular formula is C19H31NS. The first-order chi connectivity index (χ1) is 9.63. The Kier molecular flexibility index (Phi) is 3.57. The number of hydrogen-bond donors (Lipinski definition) is 1. The Morgan fingerprint density at radius 3 is 2.48 bits per heavy atom. The molecule has 0 amide bonds. The van der Waals surface area contributed by atoms with Gasteiger partial charge in [0.05, 0.1) is 0 Å². The summed E-state index contributed by atoms with van der Waals surface area (Å²) in [6.07, 6.45) is 4.28. The molecule has 2 heteroatoms. The first-order valence-electron chi connectivity index (χ1n) is 8.45. The molecule has 0 aliphatic heterocycles. The predicted molar refractivity (Wildman–Crippen MR) is 92.9 cm³/mol. The van der Waals surface area contributed by atoms with Gasteiger partial charge < -0.3 is 5.32 Å². The molecule has 2 aliphatic rings. The quantitative estimate of drug-likeness (QED) is 0.793. The maximum atomic E-state index is 3.94. The lowest BCUT2D eigenvalue weighted by molar-refractivity contribution is 0.108. The molecule has 3 unspecified atom stereocenters. The molecule has 2 bridgehead atoms. The van der Waals surface area contributed by atoms with E-state index in [2.05, 4.69) is 59.0 Å². The Bertz CT molecular complexity index is 517. The monoisotopic (exact) mass is 305 g/mol. The lowest BCUT2D eigenvalue weighted by atomic mass is 9.68. The van der Waals surface area contributed by atoms with Crippen LogP contribution in [0.2, 0.25) is 0 Å². The summed E-state index contributed by atoms with van der Waals surface area (Å²) in [7, 11) is 0. The zero-order valence-corrected chi connectivity index (χ0v) is 15.4. The molecule has 0 spiro atoms. The van der Waals surface area contributed by atoms with Gasteiger partial charge in [-0.1, -0.05) is 41.5 Å². The molecule has 1 nitrogen and oxygen atoms in total. The summed E-state index contributed by atoms with van der Waals surface area (Å²) in [6.45, 7) is 15.4. The zero-order valence-electron chi connectivity index (χ0n) is 14.5. The third-order valence-electron chi connectivity index (χ3n) is 6.15. The van der Waals surface area contributed by atoms with E-state index in [0.29, 0.717) is 16.9 Å². The Morgan fingerprint density at radius 1 is 1.24 bits per heavy atom. The fourth-order valence-corrected chi connectivity index (χ4v) is 5.91. The second-order valence-electron chi connectivity index (χ2n) is 9.24. The highest BCUT2D eigenvalue weighted by Crippen LogP contribution is 2.62. The van der Waals surface area contributed by atoms with Crippen LogP contribution in [-0.2, 0) is 12.0 Å². The third-order valence-corrected chi connectivity index (χ3v) is 7.66. The van der Waals surface area contributed by atoms with Crippen molar-refractivity contribution >= 4 is 11.3 Å². The van der Waals surface area contributed by atoms with Gasteiger partial charge in [0.25, 0.3) is 0 Å². The van der Waals surface area contributed by atoms with Crippen LogP contribution in [0.15, 0.2) is 12.1 Å². The molecule has 2 fully saturated rings. The average molecular weight is 306 g/mol. The number of nitrogens with one attached hydrogen (secondary N) is 1. The van der Waals surface area contributed by atoms with Crippen LogP contribution in [0.3, 0.4) is 0 Å². The fraction of sp³-hybridized carbons (Fsp3) is 0.789. The molecule has 2 saturated carbocycles. The Hall–Kier alpha value is -0.340. The van der Waals surface area contributed by atoms with E-state index in [1.807, 2.05) is 11.3 Å². The van der Waals surface area contributed by atoms with Crippen LogP contribution < -0.4 is 5.32 Å². The lowest BCUT2D eigenvalue weighted by Gasteiger charge is -2.43. The van der Waals surface area contributed by atoms with Crippen LogP contribution in [-0.4, -0.2) is 6.04 Å². The third kappa shape index (κ3) is 2.59. The fourth-order valence-electron chi connectivity index (χ4n) is 4.89. The van der Waals surface area contributed by atoms with Crippen molar-refractivity contribution < 1.29 is 0 Å². The highest BCUT2D eigenvalue weighted by molar-refractivity contribution is 7.12. The molecule has 1 aromatic heterocycles. The molecule has 0 aromatic carbocycles. The van der Waals surface area contributed by atoms with Crippen molar-refractivity contribution in [1.82, 2.24) is 5.32 Å². The summed E-state index contributed by atoms with van der Waals surface area (Å²) in [5, 5.41) is 3.94. The smallest absolute Gasteiger partial charge is 0.0302 e. The van der Waals surface area contributed by atoms with Crippen molar-refractivity contribution in [3.8, 4) is 0 Å². The van der Waals surface area contributed by atoms with E-state index >= 15 is 0 Å². The summed E-state index contributed by atoms with van der Waals surface area (Å²) in [6, 6.07) is 5.31. The molecule has 3 rings (SSSR count). The SMILES string of the molecule is CC(C)(C)c1ccc(CNC2C3(C)CCC(C3)C2(C)C)s1. The summed E-state index contributed by atoms with van der Waals surface area (Å²) in [5.74, 6) is 0.925. The van der Waals surface area contributed by atoms with Crippen LogP contribution in [0, 0.1) is 16.7 Å². The van der Waals surface area contributed by atoms with Crippen LogP contribution in [0.5, 0.6) is 0 Å². The molecule has 0 saturated heterocycles. The molecule has 21 heavy (non-hydrogen) atoms. The molecule has 1 heterocycles. The van der Waals surface area contributed by atoms with Crippen LogP contribution in [0.25, 0.3) is 0 Å². The van der Waals surface area contributed by atoms with Gasteiger partial charge in [-0.05, 0) is 53.6 Å². The largest absolute Gasteiger partial charge is 0.308 e. The zero-order chi connectivity index (χ0) is 15.5. The van der Waals surface area contributed by atoms with Crippen molar-refractivity contribution in [3.05, 3.63) is 21.9 Å². The molecule has 3 atom stereocenters. The second-order valence-corrected chi connectivity index (χ2v) is 10.4. The van der Waals surface area contributed by atoms with E-state index in [9.17, 15) is 0 Å². The van der Waals surface area contributed by atoms with Crippen molar-refractivity contribution in [3.63, 3.8) is 0 Å². The number of thiophene rings is 1. The van der Waals surface area contributed by atoms with Gasteiger partial charge in [-0.2, -0.15) is 0 Å². The summed E-state index contributed by atoms with van der Waals surface area (Å²) >= 11 is 1.98. The summed E-state index contributed by atoms with van der Waals surface area (Å²) in [5.41, 5.74) is 1.26. The maximum Gasteiger partial charge on any atom is 0.0302 e. The topological polar surface area (TPSA) is 12.0 Å². The number of fused-ring (bicyclic) bond motifs is 2. The number of hydrogen-bond acceptors (Lipinski definition) is 2. The molecule has 1 aromatic rings. The molecule has 0 radical (unpaired) electrons. The van der Waals surface area contributed by atoms with E-state index in [4.69, 9.17) is 0 Å². The lowest BCUT2D eigenvalue weighted by Crippen LogP contribution is -2.49. The maximum absolute atomic E-state index is 3.94. The van der Waals surface area contributed by atoms with Crippen molar-refractivity contribution in [2.24, 2.45) is 16.7 Å². The molecule has 1 N–H and O–H groups in total. The van der Waals surface area contributed by atoms with Crippen LogP contribution in [0.4, 0.5) is 0 Å². The Labute approximate surface area is 134 Å². The predicted octanol–water partition coefficient (Wildman–Crippen LogP) is 5.35. The highest BCUT2D eigenvalue weighted by atomic mass is 32.1. The van der Waals surface area contributed by atoms with Crippen molar-refractivity contribution in [1.29, 1.82) is 0 Å². The van der Waals surface area contributed by atoms with E-state index in [1.165, 1.54) is 29.0 Å². The summed E-state index contributed by atoms with van der Waals surface area (Å²) < 4.78 is 0. The van der Waals surface area contributed by atoms with E-state index < -0.39 is 0 Å². The average Bonchev–Trinajstić information content (AvgIpc) is 2.98. The summed E-state index contributed by atoms with van der Waals surface area (Å²) in [4.78, 5) is 2.99. The van der Waals surface area contributed by atoms with Gasteiger partial charge in [0.2, 0.25) is 0 Å². The standard InChI is InChI=1S/C19H31NS/c1-17(2,3)15-8-7-14(21-15)12-20-16-18(4,5)13-9-10-19(16,6)11-13/h7-8,13,16,20H,9-12H2,1-6H3. The van der Waals surface area contributed by atoms with Gasteiger partial charge in [0.15, 0.2) is 0 Å². The minimum atomic E-state index is 0.278. The highest BCUT2D eigenvalue weighted by Gasteiger charge is 2.58. The van der Waals surface area contributed by atoms with E-state index in [0.717, 1.165) is 12.5 Å². The number of rotatable bonds is 3. The van der Waals surface area contributed by atoms with Gasteiger partial charge in [-0.15, -0.1) is 11.3 Å². The Balaban J connectivity index is 1.69. The molecular weight excluding hydrogens is 274 g/mol. The molecule has 118 valence electrons. The van der Waals surface area contributed by atoms with Crippen molar-refractivity contribution in [2.45, 2.75) is 78.8 Å². The van der Waals surface area contributed by atoms with Crippen LogP contribution in [0.1, 0.15) is 70.6 Å². The minimum Gasteiger partial charge on any atom is -0.308 e. The van der Waals surface area contributed by atoms with E-state index in [1.54, 1.807) is 0 Å². The first kappa shape index (κ1) is 15.6. The van der Waals surface area contributed by atoms with Gasteiger partial charge in [0, 0.05) is 22.3 Å².